The molecule has 0 saturated heterocycles. The summed E-state index contributed by atoms with van der Waals surface area (Å²) < 4.78 is 3.82. The van der Waals surface area contributed by atoms with Gasteiger partial charge in [0.25, 0.3) is 11.5 Å². The van der Waals surface area contributed by atoms with Gasteiger partial charge in [-0.05, 0) is 37.0 Å². The number of aryl methyl sites for hydroxylation is 2. The normalized spacial score (nSPS) is 12.2. The molecule has 8 nitrogen and oxygen atoms in total. The van der Waals surface area contributed by atoms with Crippen molar-refractivity contribution in [1.29, 1.82) is 0 Å². The van der Waals surface area contributed by atoms with Crippen LogP contribution in [0.25, 0.3) is 10.9 Å². The van der Waals surface area contributed by atoms with Gasteiger partial charge in [-0.25, -0.2) is 4.98 Å². The second-order valence-corrected chi connectivity index (χ2v) is 7.29. The summed E-state index contributed by atoms with van der Waals surface area (Å²) in [5.74, 6) is 0.216. The lowest BCUT2D eigenvalue weighted by molar-refractivity contribution is 0.0939. The zero-order valence-corrected chi connectivity index (χ0v) is 16.1. The number of hydrogen-bond acceptors (Lipinski definition) is 6. The molecule has 0 aliphatic heterocycles. The predicted octanol–water partition coefficient (Wildman–Crippen LogP) is 2.43. The molecule has 0 radical (unpaired) electrons. The van der Waals surface area contributed by atoms with Gasteiger partial charge in [-0.1, -0.05) is 22.7 Å². The van der Waals surface area contributed by atoms with Crippen molar-refractivity contribution in [2.75, 3.05) is 0 Å². The van der Waals surface area contributed by atoms with Crippen molar-refractivity contribution in [3.05, 3.63) is 74.5 Å². The summed E-state index contributed by atoms with van der Waals surface area (Å²) in [6, 6.07) is 8.89. The summed E-state index contributed by atoms with van der Waals surface area (Å²) in [6.45, 7) is 3.45. The Bertz CT molecular complexity index is 1210. The highest BCUT2D eigenvalue weighted by Crippen LogP contribution is 2.24. The Morgan fingerprint density at radius 3 is 2.86 bits per heavy atom. The SMILES string of the molecule is Cc1nc([C@H](Cc2c[nH]c3ccccc23)NC(=O)c2snnc2C)cc(=O)[nH]1. The highest BCUT2D eigenvalue weighted by atomic mass is 32.1. The number of nitrogens with zero attached hydrogens (tertiary/aromatic N) is 3. The number of carbonyl (C=O) groups excluding carboxylic acids is 1. The number of nitrogens with one attached hydrogen (secondary N) is 3. The van der Waals surface area contributed by atoms with E-state index in [1.807, 2.05) is 30.5 Å². The zero-order valence-electron chi connectivity index (χ0n) is 15.3. The highest BCUT2D eigenvalue weighted by Gasteiger charge is 2.22. The van der Waals surface area contributed by atoms with Crippen molar-refractivity contribution >= 4 is 28.3 Å². The number of hydrogen-bond donors (Lipinski definition) is 3. The van der Waals surface area contributed by atoms with Crippen molar-refractivity contribution in [2.45, 2.75) is 26.3 Å². The fraction of sp³-hybridized carbons (Fsp3) is 0.211. The fourth-order valence-electron chi connectivity index (χ4n) is 3.19. The Morgan fingerprint density at radius 1 is 1.29 bits per heavy atom. The van der Waals surface area contributed by atoms with Gasteiger partial charge in [0.05, 0.1) is 17.4 Å². The molecule has 3 heterocycles. The molecule has 0 fully saturated rings. The van der Waals surface area contributed by atoms with Crippen molar-refractivity contribution in [1.82, 2.24) is 29.9 Å². The second kappa shape index (κ2) is 7.35. The molecular formula is C19H18N6O2S. The van der Waals surface area contributed by atoms with Gasteiger partial charge >= 0.3 is 0 Å². The molecule has 3 aromatic heterocycles. The van der Waals surface area contributed by atoms with E-state index in [1.54, 1.807) is 13.8 Å². The van der Waals surface area contributed by atoms with Crippen LogP contribution in [0.2, 0.25) is 0 Å². The van der Waals surface area contributed by atoms with E-state index in [1.165, 1.54) is 6.07 Å². The van der Waals surface area contributed by atoms with E-state index in [2.05, 4.69) is 29.9 Å². The van der Waals surface area contributed by atoms with Gasteiger partial charge in [-0.15, -0.1) is 5.10 Å². The van der Waals surface area contributed by atoms with E-state index in [0.717, 1.165) is 28.0 Å². The van der Waals surface area contributed by atoms with E-state index in [9.17, 15) is 9.59 Å². The van der Waals surface area contributed by atoms with E-state index in [4.69, 9.17) is 0 Å². The first-order valence-electron chi connectivity index (χ1n) is 8.74. The van der Waals surface area contributed by atoms with Crippen LogP contribution in [-0.2, 0) is 6.42 Å². The molecule has 1 aromatic carbocycles. The molecule has 0 aliphatic carbocycles. The van der Waals surface area contributed by atoms with Gasteiger partial charge in [0, 0.05) is 29.6 Å². The molecule has 4 aromatic rings. The molecule has 4 rings (SSSR count). The van der Waals surface area contributed by atoms with Crippen LogP contribution in [-0.4, -0.2) is 30.4 Å². The molecular weight excluding hydrogens is 376 g/mol. The summed E-state index contributed by atoms with van der Waals surface area (Å²) >= 11 is 1.04. The maximum atomic E-state index is 12.8. The summed E-state index contributed by atoms with van der Waals surface area (Å²) in [4.78, 5) is 35.5. The van der Waals surface area contributed by atoms with Crippen molar-refractivity contribution in [2.24, 2.45) is 0 Å². The average Bonchev–Trinajstić information content (AvgIpc) is 3.27. The lowest BCUT2D eigenvalue weighted by Gasteiger charge is -2.18. The third-order valence-electron chi connectivity index (χ3n) is 4.50. The van der Waals surface area contributed by atoms with Gasteiger partial charge in [0.2, 0.25) is 0 Å². The van der Waals surface area contributed by atoms with E-state index in [-0.39, 0.29) is 11.5 Å². The number of para-hydroxylation sites is 1. The first-order chi connectivity index (χ1) is 13.5. The molecule has 0 spiro atoms. The molecule has 1 amide bonds. The number of aromatic amines is 2. The molecule has 0 aliphatic rings. The van der Waals surface area contributed by atoms with Crippen LogP contribution in [0.3, 0.4) is 0 Å². The summed E-state index contributed by atoms with van der Waals surface area (Å²) in [6.07, 6.45) is 2.40. The highest BCUT2D eigenvalue weighted by molar-refractivity contribution is 7.08. The van der Waals surface area contributed by atoms with Gasteiger partial charge in [-0.3, -0.25) is 9.59 Å². The molecule has 142 valence electrons. The van der Waals surface area contributed by atoms with Crippen LogP contribution in [0, 0.1) is 13.8 Å². The maximum absolute atomic E-state index is 12.8. The molecule has 9 heteroatoms. The van der Waals surface area contributed by atoms with Crippen LogP contribution in [0.5, 0.6) is 0 Å². The molecule has 0 saturated carbocycles. The second-order valence-electron chi connectivity index (χ2n) is 6.53. The van der Waals surface area contributed by atoms with Crippen molar-refractivity contribution in [3.63, 3.8) is 0 Å². The van der Waals surface area contributed by atoms with E-state index < -0.39 is 6.04 Å². The number of H-pyrrole nitrogens is 2. The molecule has 1 atom stereocenters. The molecule has 0 bridgehead atoms. The number of fused-ring (bicyclic) bond motifs is 1. The minimum Gasteiger partial charge on any atom is -0.361 e. The van der Waals surface area contributed by atoms with Gasteiger partial charge in [-0.2, -0.15) is 0 Å². The number of aromatic nitrogens is 5. The summed E-state index contributed by atoms with van der Waals surface area (Å²) in [5.41, 5.74) is 2.87. The van der Waals surface area contributed by atoms with Gasteiger partial charge in [0.1, 0.15) is 10.7 Å². The number of benzene rings is 1. The predicted molar refractivity (Wildman–Crippen MR) is 106 cm³/mol. The molecule has 28 heavy (non-hydrogen) atoms. The third-order valence-corrected chi connectivity index (χ3v) is 5.33. The lowest BCUT2D eigenvalue weighted by Crippen LogP contribution is -2.31. The Morgan fingerprint density at radius 2 is 2.11 bits per heavy atom. The third kappa shape index (κ3) is 3.56. The largest absolute Gasteiger partial charge is 0.361 e. The minimum atomic E-state index is -0.478. The smallest absolute Gasteiger partial charge is 0.265 e. The van der Waals surface area contributed by atoms with E-state index >= 15 is 0 Å². The fourth-order valence-corrected chi connectivity index (χ4v) is 3.75. The summed E-state index contributed by atoms with van der Waals surface area (Å²) in [5, 5.41) is 7.96. The van der Waals surface area contributed by atoms with Gasteiger partial charge < -0.3 is 15.3 Å². The summed E-state index contributed by atoms with van der Waals surface area (Å²) in [7, 11) is 0. The number of rotatable bonds is 5. The van der Waals surface area contributed by atoms with Crippen molar-refractivity contribution in [3.8, 4) is 0 Å². The van der Waals surface area contributed by atoms with E-state index in [0.29, 0.717) is 28.5 Å². The lowest BCUT2D eigenvalue weighted by atomic mass is 10.0. The zero-order chi connectivity index (χ0) is 19.7. The Hall–Kier alpha value is -3.33. The van der Waals surface area contributed by atoms with Crippen LogP contribution >= 0.6 is 11.5 Å². The Kier molecular flexibility index (Phi) is 4.74. The standard InChI is InChI=1S/C19H18N6O2S/c1-10-18(28-25-24-10)19(27)23-15(16-8-17(26)22-11(2)21-16)7-12-9-20-14-6-4-3-5-13(12)14/h3-6,8-9,15,20H,7H2,1-2H3,(H,23,27)(H,21,22,26)/t15-/m0/s1. The topological polar surface area (TPSA) is 116 Å². The Balaban J connectivity index is 1.71. The van der Waals surface area contributed by atoms with Crippen molar-refractivity contribution < 1.29 is 4.79 Å². The van der Waals surface area contributed by atoms with Gasteiger partial charge in [0.15, 0.2) is 0 Å². The van der Waals surface area contributed by atoms with Crippen LogP contribution in [0.4, 0.5) is 0 Å². The maximum Gasteiger partial charge on any atom is 0.265 e. The van der Waals surface area contributed by atoms with Crippen LogP contribution in [0.15, 0.2) is 41.3 Å². The number of carbonyl (C=O) groups is 1. The van der Waals surface area contributed by atoms with Crippen LogP contribution < -0.4 is 10.9 Å². The average molecular weight is 394 g/mol. The monoisotopic (exact) mass is 394 g/mol. The first kappa shape index (κ1) is 18.1. The Labute approximate surface area is 164 Å². The first-order valence-corrected chi connectivity index (χ1v) is 9.51. The van der Waals surface area contributed by atoms with Crippen LogP contribution in [0.1, 0.15) is 38.5 Å². The molecule has 0 unspecified atom stereocenters. The molecule has 3 N–H and O–H groups in total. The minimum absolute atomic E-state index is 0.253. The quantitative estimate of drug-likeness (QED) is 0.481. The number of amides is 1.